The average Bonchev–Trinajstić information content (AvgIpc) is 2.21. The molecular formula is C10H20N2O2S. The van der Waals surface area contributed by atoms with Crippen molar-refractivity contribution in [1.29, 1.82) is 0 Å². The number of thiocarbonyl (C=S) groups is 1. The van der Waals surface area contributed by atoms with E-state index in [1.54, 1.807) is 11.9 Å². The molecule has 1 atom stereocenters. The molecule has 0 saturated carbocycles. The van der Waals surface area contributed by atoms with Crippen molar-refractivity contribution >= 4 is 23.1 Å². The van der Waals surface area contributed by atoms with Crippen LogP contribution in [-0.4, -0.2) is 42.1 Å². The molecule has 0 rings (SSSR count). The first-order valence-corrected chi connectivity index (χ1v) is 5.54. The Kier molecular flexibility index (Phi) is 7.25. The number of rotatable bonds is 7. The summed E-state index contributed by atoms with van der Waals surface area (Å²) in [6.45, 7) is 5.00. The first kappa shape index (κ1) is 14.3. The van der Waals surface area contributed by atoms with Gasteiger partial charge in [-0.2, -0.15) is 0 Å². The van der Waals surface area contributed by atoms with Crippen molar-refractivity contribution in [3.63, 3.8) is 0 Å². The van der Waals surface area contributed by atoms with Gasteiger partial charge >= 0.3 is 0 Å². The summed E-state index contributed by atoms with van der Waals surface area (Å²) in [5.41, 5.74) is 5.46. The topological polar surface area (TPSA) is 55.6 Å². The SMILES string of the molecule is CCCOCCC(=O)N(C)C(C)C(N)=S. The van der Waals surface area contributed by atoms with E-state index in [1.807, 2.05) is 13.8 Å². The number of likely N-dealkylation sites (N-methyl/N-ethyl adjacent to an activating group) is 1. The zero-order chi connectivity index (χ0) is 11.8. The van der Waals surface area contributed by atoms with E-state index >= 15 is 0 Å². The van der Waals surface area contributed by atoms with E-state index in [2.05, 4.69) is 0 Å². The van der Waals surface area contributed by atoms with Gasteiger partial charge < -0.3 is 15.4 Å². The van der Waals surface area contributed by atoms with Gasteiger partial charge in [-0.25, -0.2) is 0 Å². The van der Waals surface area contributed by atoms with Gasteiger partial charge in [0.25, 0.3) is 0 Å². The van der Waals surface area contributed by atoms with Crippen LogP contribution in [0.25, 0.3) is 0 Å². The lowest BCUT2D eigenvalue weighted by Crippen LogP contribution is -2.43. The van der Waals surface area contributed by atoms with Gasteiger partial charge in [0.2, 0.25) is 5.91 Å². The molecule has 1 amide bonds. The minimum Gasteiger partial charge on any atom is -0.392 e. The van der Waals surface area contributed by atoms with Crippen LogP contribution in [0.5, 0.6) is 0 Å². The van der Waals surface area contributed by atoms with Crippen LogP contribution in [0.2, 0.25) is 0 Å². The molecule has 0 spiro atoms. The first-order chi connectivity index (χ1) is 7.00. The molecule has 15 heavy (non-hydrogen) atoms. The molecule has 0 fully saturated rings. The Morgan fingerprint density at radius 2 is 2.13 bits per heavy atom. The summed E-state index contributed by atoms with van der Waals surface area (Å²) < 4.78 is 5.23. The highest BCUT2D eigenvalue weighted by molar-refractivity contribution is 7.80. The molecule has 0 aromatic rings. The Morgan fingerprint density at radius 3 is 2.60 bits per heavy atom. The summed E-state index contributed by atoms with van der Waals surface area (Å²) in [7, 11) is 1.70. The third-order valence-corrected chi connectivity index (χ3v) is 2.54. The van der Waals surface area contributed by atoms with E-state index in [0.29, 0.717) is 24.6 Å². The van der Waals surface area contributed by atoms with E-state index in [9.17, 15) is 4.79 Å². The molecule has 0 radical (unpaired) electrons. The summed E-state index contributed by atoms with van der Waals surface area (Å²) in [5.74, 6) is 0.00593. The molecule has 0 aromatic carbocycles. The fourth-order valence-electron chi connectivity index (χ4n) is 0.989. The maximum Gasteiger partial charge on any atom is 0.225 e. The van der Waals surface area contributed by atoms with Gasteiger partial charge in [0.05, 0.1) is 24.1 Å². The lowest BCUT2D eigenvalue weighted by molar-refractivity contribution is -0.131. The van der Waals surface area contributed by atoms with E-state index in [4.69, 9.17) is 22.7 Å². The van der Waals surface area contributed by atoms with Crippen LogP contribution in [0.4, 0.5) is 0 Å². The van der Waals surface area contributed by atoms with Crippen molar-refractivity contribution in [3.05, 3.63) is 0 Å². The van der Waals surface area contributed by atoms with Gasteiger partial charge in [0, 0.05) is 13.7 Å². The molecule has 1 unspecified atom stereocenters. The van der Waals surface area contributed by atoms with Crippen LogP contribution in [0, 0.1) is 0 Å². The minimum atomic E-state index is -0.196. The number of hydrogen-bond donors (Lipinski definition) is 1. The van der Waals surface area contributed by atoms with Crippen LogP contribution < -0.4 is 5.73 Å². The van der Waals surface area contributed by atoms with E-state index < -0.39 is 0 Å². The summed E-state index contributed by atoms with van der Waals surface area (Å²) >= 11 is 4.82. The number of carbonyl (C=O) groups is 1. The zero-order valence-corrected chi connectivity index (χ0v) is 10.5. The van der Waals surface area contributed by atoms with Crippen molar-refractivity contribution in [2.45, 2.75) is 32.7 Å². The Morgan fingerprint density at radius 1 is 1.53 bits per heavy atom. The van der Waals surface area contributed by atoms with Crippen LogP contribution in [-0.2, 0) is 9.53 Å². The van der Waals surface area contributed by atoms with E-state index in [0.717, 1.165) is 6.42 Å². The predicted octanol–water partition coefficient (Wildman–Crippen LogP) is 0.936. The molecule has 0 aliphatic heterocycles. The molecule has 5 heteroatoms. The Bertz CT molecular complexity index is 221. The largest absolute Gasteiger partial charge is 0.392 e. The van der Waals surface area contributed by atoms with Crippen molar-refractivity contribution in [2.75, 3.05) is 20.3 Å². The van der Waals surface area contributed by atoms with Crippen LogP contribution >= 0.6 is 12.2 Å². The summed E-state index contributed by atoms with van der Waals surface area (Å²) in [4.78, 5) is 13.5. The summed E-state index contributed by atoms with van der Waals surface area (Å²) in [6, 6.07) is -0.196. The normalized spacial score (nSPS) is 12.2. The van der Waals surface area contributed by atoms with Crippen molar-refractivity contribution in [3.8, 4) is 0 Å². The molecule has 0 heterocycles. The van der Waals surface area contributed by atoms with Gasteiger partial charge in [-0.1, -0.05) is 19.1 Å². The summed E-state index contributed by atoms with van der Waals surface area (Å²) in [6.07, 6.45) is 1.34. The Hall–Kier alpha value is -0.680. The molecular weight excluding hydrogens is 212 g/mol. The summed E-state index contributed by atoms with van der Waals surface area (Å²) in [5, 5.41) is 0. The van der Waals surface area contributed by atoms with E-state index in [1.165, 1.54) is 0 Å². The van der Waals surface area contributed by atoms with Crippen molar-refractivity contribution in [1.82, 2.24) is 4.90 Å². The Balaban J connectivity index is 3.84. The number of ether oxygens (including phenoxy) is 1. The van der Waals surface area contributed by atoms with Crippen LogP contribution in [0.15, 0.2) is 0 Å². The predicted molar refractivity (Wildman–Crippen MR) is 64.7 cm³/mol. The molecule has 0 saturated heterocycles. The second-order valence-corrected chi connectivity index (χ2v) is 3.92. The van der Waals surface area contributed by atoms with Crippen molar-refractivity contribution < 1.29 is 9.53 Å². The second-order valence-electron chi connectivity index (χ2n) is 3.45. The smallest absolute Gasteiger partial charge is 0.225 e. The lowest BCUT2D eigenvalue weighted by Gasteiger charge is -2.23. The van der Waals surface area contributed by atoms with Gasteiger partial charge in [-0.05, 0) is 13.3 Å². The molecule has 0 aromatic heterocycles. The first-order valence-electron chi connectivity index (χ1n) is 5.13. The third kappa shape index (κ3) is 5.69. The van der Waals surface area contributed by atoms with Gasteiger partial charge in [-0.3, -0.25) is 4.79 Å². The fraction of sp³-hybridized carbons (Fsp3) is 0.800. The maximum atomic E-state index is 11.6. The monoisotopic (exact) mass is 232 g/mol. The highest BCUT2D eigenvalue weighted by Gasteiger charge is 2.16. The highest BCUT2D eigenvalue weighted by Crippen LogP contribution is 2.00. The zero-order valence-electron chi connectivity index (χ0n) is 9.66. The molecule has 4 nitrogen and oxygen atoms in total. The Labute approximate surface area is 96.8 Å². The van der Waals surface area contributed by atoms with Crippen LogP contribution in [0.3, 0.4) is 0 Å². The highest BCUT2D eigenvalue weighted by atomic mass is 32.1. The maximum absolute atomic E-state index is 11.6. The number of carbonyl (C=O) groups excluding carboxylic acids is 1. The molecule has 0 bridgehead atoms. The molecule has 2 N–H and O–H groups in total. The standard InChI is InChI=1S/C10H20N2O2S/c1-4-6-14-7-5-9(13)12(3)8(2)10(11)15/h8H,4-7H2,1-3H3,(H2,11,15). The number of hydrogen-bond acceptors (Lipinski definition) is 3. The van der Waals surface area contributed by atoms with E-state index in [-0.39, 0.29) is 11.9 Å². The lowest BCUT2D eigenvalue weighted by atomic mass is 10.2. The average molecular weight is 232 g/mol. The van der Waals surface area contributed by atoms with Crippen LogP contribution in [0.1, 0.15) is 26.7 Å². The molecule has 0 aliphatic carbocycles. The molecule has 0 aliphatic rings. The number of nitrogens with two attached hydrogens (primary N) is 1. The fourth-order valence-corrected chi connectivity index (χ4v) is 1.15. The molecule has 88 valence electrons. The van der Waals surface area contributed by atoms with Crippen molar-refractivity contribution in [2.24, 2.45) is 5.73 Å². The van der Waals surface area contributed by atoms with Gasteiger partial charge in [0.15, 0.2) is 0 Å². The number of nitrogens with zero attached hydrogens (tertiary/aromatic N) is 1. The van der Waals surface area contributed by atoms with Gasteiger partial charge in [-0.15, -0.1) is 0 Å². The third-order valence-electron chi connectivity index (χ3n) is 2.19. The number of amides is 1. The quantitative estimate of drug-likeness (QED) is 0.524. The minimum absolute atomic E-state index is 0.00593. The second kappa shape index (κ2) is 7.59. The van der Waals surface area contributed by atoms with Gasteiger partial charge in [0.1, 0.15) is 0 Å².